The minimum absolute atomic E-state index is 0.0940. The fraction of sp³-hybridized carbons (Fsp3) is 0.435. The maximum Gasteiger partial charge on any atom is 0.310 e. The molecule has 1 aliphatic heterocycles. The minimum Gasteiger partial charge on any atom is -0.398 e. The second kappa shape index (κ2) is 8.00. The number of benzene rings is 1. The van der Waals surface area contributed by atoms with E-state index in [1.807, 2.05) is 0 Å². The van der Waals surface area contributed by atoms with Crippen LogP contribution in [0.15, 0.2) is 29.3 Å². The molecule has 5 rings (SSSR count). The van der Waals surface area contributed by atoms with Gasteiger partial charge in [0.05, 0.1) is 17.9 Å². The van der Waals surface area contributed by atoms with Gasteiger partial charge in [-0.15, -0.1) is 0 Å². The number of carbonyl (C=O) groups excluding carboxylic acids is 1. The number of halogens is 6. The fourth-order valence-corrected chi connectivity index (χ4v) is 5.72. The number of anilines is 1. The first-order valence-electron chi connectivity index (χ1n) is 11.6. The lowest BCUT2D eigenvalue weighted by Gasteiger charge is -2.40. The third-order valence-corrected chi connectivity index (χ3v) is 8.37. The topological polar surface area (TPSA) is 97.1 Å². The van der Waals surface area contributed by atoms with Crippen LogP contribution in [0.25, 0.3) is 11.2 Å². The van der Waals surface area contributed by atoms with Crippen molar-refractivity contribution in [1.82, 2.24) is 19.9 Å². The number of methoxy groups -OCH3 is 1. The summed E-state index contributed by atoms with van der Waals surface area (Å²) in [4.78, 5) is 24.1. The molecule has 0 bridgehead atoms. The first kappa shape index (κ1) is 25.6. The van der Waals surface area contributed by atoms with Crippen molar-refractivity contribution in [3.8, 4) is 0 Å². The van der Waals surface area contributed by atoms with Crippen LogP contribution in [-0.2, 0) is 4.74 Å². The number of rotatable bonds is 5. The molecule has 3 heterocycles. The van der Waals surface area contributed by atoms with E-state index in [2.05, 4.69) is 15.0 Å². The van der Waals surface area contributed by atoms with Crippen LogP contribution in [0.4, 0.5) is 29.5 Å². The van der Waals surface area contributed by atoms with Crippen molar-refractivity contribution in [3.63, 3.8) is 0 Å². The zero-order chi connectivity index (χ0) is 26.8. The highest BCUT2D eigenvalue weighted by Crippen LogP contribution is 3.02. The van der Waals surface area contributed by atoms with Gasteiger partial charge in [0.2, 0.25) is 0 Å². The van der Waals surface area contributed by atoms with E-state index in [-0.39, 0.29) is 48.7 Å². The van der Waals surface area contributed by atoms with Crippen molar-refractivity contribution in [2.45, 2.75) is 48.5 Å². The number of ether oxygens (including phenoxy) is 1. The first-order chi connectivity index (χ1) is 17.1. The van der Waals surface area contributed by atoms with Gasteiger partial charge < -0.3 is 20.4 Å². The summed E-state index contributed by atoms with van der Waals surface area (Å²) in [5.41, 5.74) is 5.90. The maximum atomic E-state index is 14.9. The molecule has 3 aromatic rings. The summed E-state index contributed by atoms with van der Waals surface area (Å²) in [5, 5.41) is 0. The summed E-state index contributed by atoms with van der Waals surface area (Å²) in [5.74, 6) is -0.558. The number of carbonyl (C=O) groups is 1. The molecule has 1 saturated carbocycles. The van der Waals surface area contributed by atoms with E-state index in [1.54, 1.807) is 7.11 Å². The number of hydrogen-bond acceptors (Lipinski definition) is 5. The van der Waals surface area contributed by atoms with Gasteiger partial charge in [0, 0.05) is 37.4 Å². The number of piperidine rings is 1. The van der Waals surface area contributed by atoms with Crippen molar-refractivity contribution in [2.24, 2.45) is 0 Å². The molecule has 1 saturated heterocycles. The van der Waals surface area contributed by atoms with Crippen LogP contribution in [0.2, 0.25) is 0 Å². The molecule has 0 atom stereocenters. The van der Waals surface area contributed by atoms with Crippen molar-refractivity contribution in [2.75, 3.05) is 25.9 Å². The number of nitrogens with two attached hydrogens (primary N) is 1. The highest BCUT2D eigenvalue weighted by atomic mass is 32.5. The highest BCUT2D eigenvalue weighted by Gasteiger charge is 2.65. The van der Waals surface area contributed by atoms with E-state index in [0.717, 1.165) is 24.9 Å². The third kappa shape index (κ3) is 4.83. The average molecular weight is 550 g/mol. The molecule has 202 valence electrons. The molecule has 0 unspecified atom stereocenters. The van der Waals surface area contributed by atoms with E-state index < -0.39 is 32.5 Å². The Balaban J connectivity index is 1.32. The predicted octanol–water partition coefficient (Wildman–Crippen LogP) is 6.25. The number of aromatic nitrogens is 3. The van der Waals surface area contributed by atoms with Crippen LogP contribution >= 0.6 is 10.2 Å². The predicted molar refractivity (Wildman–Crippen MR) is 127 cm³/mol. The van der Waals surface area contributed by atoms with E-state index in [0.29, 0.717) is 35.6 Å². The SMILES string of the molecule is CO[C@H]1C[C@H](c2nc3c(C4CCN(C(=O)c5ccc(S(F)(F)(F)(F)F)cc5N)CC4)c(F)cnc3[nH]2)C1. The van der Waals surface area contributed by atoms with E-state index in [4.69, 9.17) is 10.5 Å². The monoisotopic (exact) mass is 549 g/mol. The third-order valence-electron chi connectivity index (χ3n) is 7.23. The van der Waals surface area contributed by atoms with Gasteiger partial charge in [0.15, 0.2) is 5.65 Å². The Kier molecular flexibility index (Phi) is 5.54. The number of amides is 1. The van der Waals surface area contributed by atoms with Gasteiger partial charge in [0.25, 0.3) is 5.91 Å². The second-order valence-electron chi connectivity index (χ2n) is 9.65. The molecule has 3 N–H and O–H groups in total. The normalized spacial score (nSPS) is 22.9. The Morgan fingerprint density at radius 1 is 1.14 bits per heavy atom. The summed E-state index contributed by atoms with van der Waals surface area (Å²) in [7, 11) is -8.27. The van der Waals surface area contributed by atoms with Crippen LogP contribution < -0.4 is 5.73 Å². The summed E-state index contributed by atoms with van der Waals surface area (Å²) in [6.45, 7) is 0.343. The van der Waals surface area contributed by atoms with Crippen molar-refractivity contribution >= 4 is 33.0 Å². The summed E-state index contributed by atoms with van der Waals surface area (Å²) >= 11 is 0. The van der Waals surface area contributed by atoms with Gasteiger partial charge in [0.1, 0.15) is 22.1 Å². The van der Waals surface area contributed by atoms with Crippen molar-refractivity contribution in [1.29, 1.82) is 0 Å². The average Bonchev–Trinajstić information content (AvgIpc) is 3.20. The number of aromatic amines is 1. The molecule has 0 spiro atoms. The number of likely N-dealkylation sites (tertiary alicyclic amines) is 1. The van der Waals surface area contributed by atoms with Gasteiger partial charge in [-0.25, -0.2) is 14.4 Å². The molecule has 2 aliphatic rings. The largest absolute Gasteiger partial charge is 0.398 e. The Morgan fingerprint density at radius 3 is 2.41 bits per heavy atom. The van der Waals surface area contributed by atoms with Crippen LogP contribution in [-0.4, -0.2) is 52.1 Å². The first-order valence-corrected chi connectivity index (χ1v) is 13.6. The molecule has 0 radical (unpaired) electrons. The van der Waals surface area contributed by atoms with E-state index >= 15 is 0 Å². The Bertz CT molecular complexity index is 1380. The lowest BCUT2D eigenvalue weighted by atomic mass is 9.82. The van der Waals surface area contributed by atoms with Gasteiger partial charge in [-0.1, -0.05) is 19.4 Å². The molecule has 1 aromatic carbocycles. The van der Waals surface area contributed by atoms with Gasteiger partial charge in [-0.2, -0.15) is 0 Å². The maximum absolute atomic E-state index is 14.9. The molecule has 7 nitrogen and oxygen atoms in total. The summed E-state index contributed by atoms with van der Waals surface area (Å²) in [6, 6.07) is 0.937. The zero-order valence-corrected chi connectivity index (χ0v) is 20.5. The van der Waals surface area contributed by atoms with E-state index in [1.165, 1.54) is 4.90 Å². The van der Waals surface area contributed by atoms with Crippen LogP contribution in [0.1, 0.15) is 59.3 Å². The number of nitrogens with zero attached hydrogens (tertiary/aromatic N) is 3. The number of H-pyrrole nitrogens is 1. The molecular formula is C23H25F6N5O2S. The quantitative estimate of drug-likeness (QED) is 0.290. The molecule has 14 heteroatoms. The Morgan fingerprint density at radius 2 is 1.81 bits per heavy atom. The summed E-state index contributed by atoms with van der Waals surface area (Å²) < 4.78 is 85.6. The number of nitrogens with one attached hydrogen (secondary N) is 1. The lowest BCUT2D eigenvalue weighted by molar-refractivity contribution is 0.0239. The van der Waals surface area contributed by atoms with Crippen molar-refractivity contribution in [3.05, 3.63) is 47.2 Å². The van der Waals surface area contributed by atoms with Crippen molar-refractivity contribution < 1.29 is 33.4 Å². The number of hydrogen-bond donors (Lipinski definition) is 2. The minimum atomic E-state index is -9.92. The zero-order valence-electron chi connectivity index (χ0n) is 19.7. The molecular weight excluding hydrogens is 524 g/mol. The highest BCUT2D eigenvalue weighted by molar-refractivity contribution is 8.45. The van der Waals surface area contributed by atoms with Gasteiger partial charge in [-0.3, -0.25) is 4.79 Å². The summed E-state index contributed by atoms with van der Waals surface area (Å²) in [6.07, 6.45) is 3.64. The second-order valence-corrected chi connectivity index (χ2v) is 12.1. The Labute approximate surface area is 208 Å². The molecule has 2 fully saturated rings. The lowest BCUT2D eigenvalue weighted by Crippen LogP contribution is -2.38. The fourth-order valence-electron chi connectivity index (χ4n) is 5.05. The number of fused-ring (bicyclic) bond motifs is 1. The number of pyridine rings is 1. The molecule has 37 heavy (non-hydrogen) atoms. The Hall–Kier alpha value is -3.00. The van der Waals surface area contributed by atoms with Crippen LogP contribution in [0.5, 0.6) is 0 Å². The number of nitrogen functional groups attached to an aromatic ring is 1. The van der Waals surface area contributed by atoms with Gasteiger partial charge in [-0.05, 0) is 49.8 Å². The number of imidazole rings is 1. The van der Waals surface area contributed by atoms with E-state index in [9.17, 15) is 28.6 Å². The molecule has 2 aromatic heterocycles. The smallest absolute Gasteiger partial charge is 0.310 e. The van der Waals surface area contributed by atoms with Crippen LogP contribution in [0.3, 0.4) is 0 Å². The van der Waals surface area contributed by atoms with Gasteiger partial charge >= 0.3 is 10.2 Å². The molecule has 1 amide bonds. The standard InChI is InChI=1S/C23H25F6N5O2S/c1-36-14-8-13(9-14)21-32-20-19(17(24)11-31-22(20)33-21)12-4-6-34(7-5-12)23(35)16-3-2-15(10-18(16)30)37(25,26,27,28)29/h2-3,10-14H,4-9,30H2,1H3,(H,31,32,33)/t13-,14-. The molecule has 1 aliphatic carbocycles. The van der Waals surface area contributed by atoms with Crippen LogP contribution in [0, 0.1) is 5.82 Å².